The molecule has 0 radical (unpaired) electrons. The number of aromatic hydroxyl groups is 1. The molecule has 0 saturated carbocycles. The highest BCUT2D eigenvalue weighted by molar-refractivity contribution is 7.98. The summed E-state index contributed by atoms with van der Waals surface area (Å²) in [7, 11) is 0. The number of carbonyl (C=O) groups is 4. The molecule has 0 heterocycles. The van der Waals surface area contributed by atoms with E-state index >= 15 is 0 Å². The fraction of sp³-hybridized carbons (Fsp3) is 0.407. The standard InChI is InChI=1S/C27H36N4O7S/c1-16(32)23(31-24(34)20(28)12-13-39-2)26(36)29-21(14-17-6-4-3-5-7-17)25(35)30-22(27(37)38)15-18-8-10-19(33)11-9-18/h3-11,16,20-23,32-33H,12-15,28H2,1-2H3,(H,29,36)(H,30,35)(H,31,34)(H,37,38). The summed E-state index contributed by atoms with van der Waals surface area (Å²) in [6.45, 7) is 1.32. The fourth-order valence-electron chi connectivity index (χ4n) is 3.70. The predicted octanol–water partition coefficient (Wildman–Crippen LogP) is 0.178. The number of hydrogen-bond acceptors (Lipinski definition) is 8. The number of thioether (sulfide) groups is 1. The van der Waals surface area contributed by atoms with Crippen molar-refractivity contribution in [1.82, 2.24) is 16.0 Å². The third-order valence-corrected chi connectivity index (χ3v) is 6.58. The highest BCUT2D eigenvalue weighted by atomic mass is 32.2. The number of aliphatic carboxylic acids is 1. The molecule has 0 saturated heterocycles. The van der Waals surface area contributed by atoms with Gasteiger partial charge in [0, 0.05) is 12.8 Å². The van der Waals surface area contributed by atoms with Crippen molar-refractivity contribution in [2.24, 2.45) is 5.73 Å². The average molecular weight is 561 g/mol. The van der Waals surface area contributed by atoms with E-state index in [0.717, 1.165) is 0 Å². The fourth-order valence-corrected chi connectivity index (χ4v) is 4.19. The molecule has 212 valence electrons. The van der Waals surface area contributed by atoms with Crippen LogP contribution in [0.2, 0.25) is 0 Å². The molecule has 2 aromatic carbocycles. The van der Waals surface area contributed by atoms with E-state index in [-0.39, 0.29) is 18.6 Å². The van der Waals surface area contributed by atoms with Crippen LogP contribution in [0, 0.1) is 0 Å². The normalized spacial score (nSPS) is 14.8. The van der Waals surface area contributed by atoms with Crippen molar-refractivity contribution < 1.29 is 34.5 Å². The smallest absolute Gasteiger partial charge is 0.326 e. The van der Waals surface area contributed by atoms with Crippen LogP contribution in [-0.2, 0) is 32.0 Å². The van der Waals surface area contributed by atoms with Gasteiger partial charge in [0.25, 0.3) is 0 Å². The molecule has 5 atom stereocenters. The summed E-state index contributed by atoms with van der Waals surface area (Å²) in [6.07, 6.45) is 0.903. The summed E-state index contributed by atoms with van der Waals surface area (Å²) >= 11 is 1.51. The second-order valence-corrected chi connectivity index (χ2v) is 10.1. The maximum absolute atomic E-state index is 13.3. The van der Waals surface area contributed by atoms with Crippen molar-refractivity contribution in [3.8, 4) is 5.75 Å². The molecule has 11 nitrogen and oxygen atoms in total. The van der Waals surface area contributed by atoms with Gasteiger partial charge in [-0.2, -0.15) is 11.8 Å². The SMILES string of the molecule is CSCCC(N)C(=O)NC(C(=O)NC(Cc1ccccc1)C(=O)NC(Cc1ccc(O)cc1)C(=O)O)C(C)O. The maximum Gasteiger partial charge on any atom is 0.326 e. The number of phenolic OH excluding ortho intramolecular Hbond substituents is 1. The summed E-state index contributed by atoms with van der Waals surface area (Å²) < 4.78 is 0. The van der Waals surface area contributed by atoms with Crippen molar-refractivity contribution in [1.29, 1.82) is 0 Å². The van der Waals surface area contributed by atoms with Gasteiger partial charge in [-0.15, -0.1) is 0 Å². The quantitative estimate of drug-likeness (QED) is 0.159. The van der Waals surface area contributed by atoms with Crippen LogP contribution in [0.25, 0.3) is 0 Å². The minimum absolute atomic E-state index is 0.0188. The van der Waals surface area contributed by atoms with Crippen LogP contribution >= 0.6 is 11.8 Å². The second kappa shape index (κ2) is 15.7. The van der Waals surface area contributed by atoms with E-state index < -0.39 is 54.0 Å². The first-order chi connectivity index (χ1) is 18.5. The summed E-state index contributed by atoms with van der Waals surface area (Å²) in [5, 5.41) is 36.9. The summed E-state index contributed by atoms with van der Waals surface area (Å²) in [4.78, 5) is 50.9. The van der Waals surface area contributed by atoms with Gasteiger partial charge >= 0.3 is 5.97 Å². The van der Waals surface area contributed by atoms with Crippen LogP contribution in [0.4, 0.5) is 0 Å². The first-order valence-corrected chi connectivity index (χ1v) is 13.8. The Hall–Kier alpha value is -3.61. The third-order valence-electron chi connectivity index (χ3n) is 5.94. The van der Waals surface area contributed by atoms with Crippen molar-refractivity contribution >= 4 is 35.5 Å². The monoisotopic (exact) mass is 560 g/mol. The number of aliphatic hydroxyl groups excluding tert-OH is 1. The molecular formula is C27H36N4O7S. The molecule has 39 heavy (non-hydrogen) atoms. The lowest BCUT2D eigenvalue weighted by Crippen LogP contribution is -2.60. The van der Waals surface area contributed by atoms with E-state index in [9.17, 15) is 34.5 Å². The Morgan fingerprint density at radius 3 is 1.97 bits per heavy atom. The summed E-state index contributed by atoms with van der Waals surface area (Å²) in [6, 6.07) is 9.88. The van der Waals surface area contributed by atoms with E-state index in [0.29, 0.717) is 23.3 Å². The number of hydrogen-bond donors (Lipinski definition) is 7. The molecule has 0 aliphatic heterocycles. The van der Waals surface area contributed by atoms with Gasteiger partial charge in [0.05, 0.1) is 12.1 Å². The van der Waals surface area contributed by atoms with Crippen LogP contribution in [0.3, 0.4) is 0 Å². The van der Waals surface area contributed by atoms with Crippen LogP contribution in [0.1, 0.15) is 24.5 Å². The van der Waals surface area contributed by atoms with E-state index in [2.05, 4.69) is 16.0 Å². The predicted molar refractivity (Wildman–Crippen MR) is 148 cm³/mol. The molecule has 0 aliphatic rings. The largest absolute Gasteiger partial charge is 0.508 e. The first-order valence-electron chi connectivity index (χ1n) is 12.4. The van der Waals surface area contributed by atoms with Gasteiger partial charge in [-0.1, -0.05) is 42.5 Å². The number of carbonyl (C=O) groups excluding carboxylic acids is 3. The Labute approximate surface area is 231 Å². The Bertz CT molecular complexity index is 1100. The van der Waals surface area contributed by atoms with E-state index in [1.54, 1.807) is 42.5 Å². The molecule has 0 aromatic heterocycles. The molecule has 12 heteroatoms. The number of rotatable bonds is 15. The van der Waals surface area contributed by atoms with Gasteiger partial charge in [-0.3, -0.25) is 14.4 Å². The summed E-state index contributed by atoms with van der Waals surface area (Å²) in [5.74, 6) is -2.83. The molecule has 2 aromatic rings. The number of aliphatic hydroxyl groups is 1. The molecule has 0 aliphatic carbocycles. The van der Waals surface area contributed by atoms with Gasteiger partial charge in [-0.25, -0.2) is 4.79 Å². The highest BCUT2D eigenvalue weighted by Crippen LogP contribution is 2.12. The molecular weight excluding hydrogens is 524 g/mol. The molecule has 0 fully saturated rings. The maximum atomic E-state index is 13.3. The number of carboxylic acid groups (broad SMARTS) is 1. The van der Waals surface area contributed by atoms with E-state index in [1.807, 2.05) is 6.26 Å². The van der Waals surface area contributed by atoms with Gasteiger partial charge in [0.2, 0.25) is 17.7 Å². The lowest BCUT2D eigenvalue weighted by molar-refractivity contribution is -0.142. The Balaban J connectivity index is 2.21. The Morgan fingerprint density at radius 1 is 0.846 bits per heavy atom. The van der Waals surface area contributed by atoms with Crippen LogP contribution in [-0.4, -0.2) is 81.3 Å². The number of benzene rings is 2. The van der Waals surface area contributed by atoms with E-state index in [1.165, 1.54) is 30.8 Å². The molecule has 5 unspecified atom stereocenters. The number of nitrogens with two attached hydrogens (primary N) is 1. The van der Waals surface area contributed by atoms with Gasteiger partial charge in [0.15, 0.2) is 0 Å². The number of nitrogens with one attached hydrogen (secondary N) is 3. The molecule has 0 bridgehead atoms. The molecule has 8 N–H and O–H groups in total. The van der Waals surface area contributed by atoms with Crippen LogP contribution in [0.5, 0.6) is 5.75 Å². The van der Waals surface area contributed by atoms with Gasteiger partial charge < -0.3 is 37.0 Å². The highest BCUT2D eigenvalue weighted by Gasteiger charge is 2.32. The average Bonchev–Trinajstić information content (AvgIpc) is 2.90. The summed E-state index contributed by atoms with van der Waals surface area (Å²) in [5.41, 5.74) is 7.15. The zero-order chi connectivity index (χ0) is 28.9. The third kappa shape index (κ3) is 10.6. The second-order valence-electron chi connectivity index (χ2n) is 9.14. The molecule has 0 spiro atoms. The Morgan fingerprint density at radius 2 is 1.41 bits per heavy atom. The van der Waals surface area contributed by atoms with Crippen molar-refractivity contribution in [3.05, 3.63) is 65.7 Å². The number of phenols is 1. The van der Waals surface area contributed by atoms with Crippen molar-refractivity contribution in [2.45, 2.75) is 56.5 Å². The van der Waals surface area contributed by atoms with Gasteiger partial charge in [0.1, 0.15) is 23.9 Å². The Kier molecular flexibility index (Phi) is 12.7. The van der Waals surface area contributed by atoms with Crippen LogP contribution in [0.15, 0.2) is 54.6 Å². The zero-order valence-corrected chi connectivity index (χ0v) is 22.7. The number of amides is 3. The zero-order valence-electron chi connectivity index (χ0n) is 21.9. The van der Waals surface area contributed by atoms with Crippen molar-refractivity contribution in [2.75, 3.05) is 12.0 Å². The molecule has 2 rings (SSSR count). The van der Waals surface area contributed by atoms with E-state index in [4.69, 9.17) is 5.73 Å². The minimum atomic E-state index is -1.39. The topological polar surface area (TPSA) is 191 Å². The lowest BCUT2D eigenvalue weighted by Gasteiger charge is -2.26. The lowest BCUT2D eigenvalue weighted by atomic mass is 10.0. The van der Waals surface area contributed by atoms with Crippen LogP contribution < -0.4 is 21.7 Å². The minimum Gasteiger partial charge on any atom is -0.508 e. The first kappa shape index (κ1) is 31.6. The molecule has 3 amide bonds. The van der Waals surface area contributed by atoms with Crippen molar-refractivity contribution in [3.63, 3.8) is 0 Å². The van der Waals surface area contributed by atoms with Gasteiger partial charge in [-0.05, 0) is 48.6 Å². The number of carboxylic acids is 1.